The molecule has 1 unspecified atom stereocenters. The fourth-order valence-electron chi connectivity index (χ4n) is 3.06. The van der Waals surface area contributed by atoms with Gasteiger partial charge in [-0.1, -0.05) is 12.1 Å². The summed E-state index contributed by atoms with van der Waals surface area (Å²) in [5, 5.41) is 0. The van der Waals surface area contributed by atoms with Gasteiger partial charge >= 0.3 is 0 Å². The highest BCUT2D eigenvalue weighted by Crippen LogP contribution is 2.36. The zero-order chi connectivity index (χ0) is 16.4. The Morgan fingerprint density at radius 3 is 2.57 bits per heavy atom. The van der Waals surface area contributed by atoms with Crippen LogP contribution in [0.4, 0.5) is 0 Å². The van der Waals surface area contributed by atoms with Crippen molar-refractivity contribution < 1.29 is 12.8 Å². The van der Waals surface area contributed by atoms with Crippen LogP contribution >= 0.6 is 0 Å². The van der Waals surface area contributed by atoms with E-state index in [-0.39, 0.29) is 6.04 Å². The minimum atomic E-state index is -3.50. The van der Waals surface area contributed by atoms with Crippen LogP contribution < -0.4 is 0 Å². The van der Waals surface area contributed by atoms with E-state index in [0.29, 0.717) is 11.4 Å². The van der Waals surface area contributed by atoms with Gasteiger partial charge in [-0.15, -0.1) is 0 Å². The Bertz CT molecular complexity index is 737. The van der Waals surface area contributed by atoms with Crippen LogP contribution in [0.2, 0.25) is 0 Å². The van der Waals surface area contributed by atoms with Gasteiger partial charge in [-0.2, -0.15) is 4.31 Å². The molecule has 6 heteroatoms. The maximum Gasteiger partial charge on any atom is 0.243 e. The molecular formula is C17H22N2O3S. The first-order chi connectivity index (χ1) is 11.0. The number of rotatable bonds is 5. The molecule has 1 fully saturated rings. The van der Waals surface area contributed by atoms with Crippen molar-refractivity contribution >= 4 is 10.0 Å². The van der Waals surface area contributed by atoms with Gasteiger partial charge in [0.25, 0.3) is 0 Å². The van der Waals surface area contributed by atoms with Crippen LogP contribution in [0.1, 0.15) is 30.2 Å². The molecule has 1 atom stereocenters. The minimum absolute atomic E-state index is 0.198. The van der Waals surface area contributed by atoms with Gasteiger partial charge in [0.1, 0.15) is 5.76 Å². The van der Waals surface area contributed by atoms with E-state index < -0.39 is 10.0 Å². The van der Waals surface area contributed by atoms with Gasteiger partial charge in [0.05, 0.1) is 17.2 Å². The van der Waals surface area contributed by atoms with Crippen LogP contribution in [0, 0.1) is 0 Å². The first kappa shape index (κ1) is 16.2. The highest BCUT2D eigenvalue weighted by molar-refractivity contribution is 7.89. The zero-order valence-corrected chi connectivity index (χ0v) is 14.3. The van der Waals surface area contributed by atoms with Crippen molar-refractivity contribution in [3.8, 4) is 0 Å². The third-order valence-corrected chi connectivity index (χ3v) is 6.03. The first-order valence-electron chi connectivity index (χ1n) is 7.77. The molecular weight excluding hydrogens is 312 g/mol. The third kappa shape index (κ3) is 3.34. The Morgan fingerprint density at radius 2 is 1.96 bits per heavy atom. The van der Waals surface area contributed by atoms with Crippen LogP contribution in [0.3, 0.4) is 0 Å². The first-order valence-corrected chi connectivity index (χ1v) is 9.21. The number of hydrogen-bond acceptors (Lipinski definition) is 4. The summed E-state index contributed by atoms with van der Waals surface area (Å²) in [6.07, 6.45) is 3.24. The lowest BCUT2D eigenvalue weighted by atomic mass is 10.2. The second-order valence-electron chi connectivity index (χ2n) is 6.17. The van der Waals surface area contributed by atoms with Gasteiger partial charge in [-0.05, 0) is 56.8 Å². The highest BCUT2D eigenvalue weighted by atomic mass is 32.2. The summed E-state index contributed by atoms with van der Waals surface area (Å²) >= 11 is 0. The summed E-state index contributed by atoms with van der Waals surface area (Å²) in [6, 6.07) is 10.6. The average molecular weight is 334 g/mol. The largest absolute Gasteiger partial charge is 0.468 e. The van der Waals surface area contributed by atoms with Crippen molar-refractivity contribution in [1.29, 1.82) is 0 Å². The van der Waals surface area contributed by atoms with Crippen molar-refractivity contribution in [3.05, 3.63) is 54.0 Å². The molecule has 0 saturated carbocycles. The van der Waals surface area contributed by atoms with E-state index in [1.165, 1.54) is 0 Å². The van der Waals surface area contributed by atoms with Gasteiger partial charge < -0.3 is 9.32 Å². The Balaban J connectivity index is 1.86. The molecule has 0 amide bonds. The Hall–Kier alpha value is -1.63. The quantitative estimate of drug-likeness (QED) is 0.844. The maximum atomic E-state index is 12.9. The molecule has 23 heavy (non-hydrogen) atoms. The van der Waals surface area contributed by atoms with E-state index >= 15 is 0 Å². The van der Waals surface area contributed by atoms with E-state index in [4.69, 9.17) is 4.42 Å². The molecule has 0 spiro atoms. The molecule has 0 bridgehead atoms. The number of nitrogens with zero attached hydrogens (tertiary/aromatic N) is 2. The number of sulfonamides is 1. The predicted octanol–water partition coefficient (Wildman–Crippen LogP) is 2.87. The monoisotopic (exact) mass is 334 g/mol. The number of furan rings is 1. The molecule has 1 aromatic carbocycles. The normalized spacial score (nSPS) is 19.5. The Morgan fingerprint density at radius 1 is 1.22 bits per heavy atom. The Labute approximate surface area is 137 Å². The van der Waals surface area contributed by atoms with Gasteiger partial charge in [0, 0.05) is 13.1 Å². The van der Waals surface area contributed by atoms with Crippen LogP contribution in [0.15, 0.2) is 52.0 Å². The van der Waals surface area contributed by atoms with Crippen molar-refractivity contribution in [3.63, 3.8) is 0 Å². The van der Waals surface area contributed by atoms with E-state index in [2.05, 4.69) is 4.90 Å². The molecule has 3 rings (SSSR count). The maximum absolute atomic E-state index is 12.9. The highest BCUT2D eigenvalue weighted by Gasteiger charge is 2.37. The van der Waals surface area contributed by atoms with Crippen molar-refractivity contribution in [1.82, 2.24) is 9.21 Å². The molecule has 1 aromatic heterocycles. The van der Waals surface area contributed by atoms with E-state index in [1.54, 1.807) is 28.8 Å². The zero-order valence-electron chi connectivity index (χ0n) is 13.5. The summed E-state index contributed by atoms with van der Waals surface area (Å²) in [5.74, 6) is 0.718. The Kier molecular flexibility index (Phi) is 4.57. The molecule has 5 nitrogen and oxygen atoms in total. The molecule has 2 aromatic rings. The lowest BCUT2D eigenvalue weighted by Crippen LogP contribution is -2.30. The van der Waals surface area contributed by atoms with Crippen LogP contribution in [-0.2, 0) is 16.6 Å². The standard InChI is InChI=1S/C17H22N2O3S/c1-18(2)13-14-7-9-15(10-8-14)23(20,21)19-11-3-5-16(19)17-6-4-12-22-17/h4,6-10,12,16H,3,5,11,13H2,1-2H3. The second-order valence-corrected chi connectivity index (χ2v) is 8.06. The lowest BCUT2D eigenvalue weighted by molar-refractivity contribution is 0.339. The fraction of sp³-hybridized carbons (Fsp3) is 0.412. The summed E-state index contributed by atoms with van der Waals surface area (Å²) in [4.78, 5) is 2.40. The second kappa shape index (κ2) is 6.47. The smallest absolute Gasteiger partial charge is 0.243 e. The summed E-state index contributed by atoms with van der Waals surface area (Å²) < 4.78 is 32.9. The molecule has 1 aliphatic heterocycles. The predicted molar refractivity (Wildman–Crippen MR) is 88.4 cm³/mol. The fourth-order valence-corrected chi connectivity index (χ4v) is 4.73. The van der Waals surface area contributed by atoms with E-state index in [0.717, 1.165) is 30.7 Å². The molecule has 1 saturated heterocycles. The van der Waals surface area contributed by atoms with Crippen LogP contribution in [0.25, 0.3) is 0 Å². The SMILES string of the molecule is CN(C)Cc1ccc(S(=O)(=O)N2CCCC2c2ccco2)cc1. The average Bonchev–Trinajstić information content (AvgIpc) is 3.18. The van der Waals surface area contributed by atoms with Crippen molar-refractivity contribution in [2.24, 2.45) is 0 Å². The van der Waals surface area contributed by atoms with Gasteiger partial charge in [-0.3, -0.25) is 0 Å². The molecule has 0 N–H and O–H groups in total. The van der Waals surface area contributed by atoms with Gasteiger partial charge in [0.2, 0.25) is 10.0 Å². The number of benzene rings is 1. The third-order valence-electron chi connectivity index (χ3n) is 4.10. The molecule has 2 heterocycles. The summed E-state index contributed by atoms with van der Waals surface area (Å²) in [7, 11) is 0.478. The summed E-state index contributed by atoms with van der Waals surface area (Å²) in [5.41, 5.74) is 1.10. The van der Waals surface area contributed by atoms with Crippen LogP contribution in [-0.4, -0.2) is 38.3 Å². The molecule has 124 valence electrons. The van der Waals surface area contributed by atoms with Crippen molar-refractivity contribution in [2.75, 3.05) is 20.6 Å². The van der Waals surface area contributed by atoms with Crippen LogP contribution in [0.5, 0.6) is 0 Å². The topological polar surface area (TPSA) is 53.8 Å². The van der Waals surface area contributed by atoms with E-state index in [9.17, 15) is 8.42 Å². The minimum Gasteiger partial charge on any atom is -0.468 e. The van der Waals surface area contributed by atoms with Crippen molar-refractivity contribution in [2.45, 2.75) is 30.3 Å². The number of hydrogen-bond donors (Lipinski definition) is 0. The molecule has 0 radical (unpaired) electrons. The van der Waals surface area contributed by atoms with E-state index in [1.807, 2.05) is 32.3 Å². The molecule has 0 aliphatic carbocycles. The lowest BCUT2D eigenvalue weighted by Gasteiger charge is -2.22. The van der Waals surface area contributed by atoms with Gasteiger partial charge in [0.15, 0.2) is 0 Å². The summed E-state index contributed by atoms with van der Waals surface area (Å²) in [6.45, 7) is 1.33. The van der Waals surface area contributed by atoms with Gasteiger partial charge in [-0.25, -0.2) is 8.42 Å². The molecule has 1 aliphatic rings.